The van der Waals surface area contributed by atoms with Gasteiger partial charge in [-0.2, -0.15) is 0 Å². The molecule has 0 saturated carbocycles. The molecule has 3 rings (SSSR count). The maximum Gasteiger partial charge on any atom is 0.261 e. The number of nitrogens with one attached hydrogen (secondary N) is 3. The summed E-state index contributed by atoms with van der Waals surface area (Å²) >= 11 is 0. The fraction of sp³-hybridized carbons (Fsp3) is 0.316. The van der Waals surface area contributed by atoms with Gasteiger partial charge >= 0.3 is 0 Å². The molecule has 0 radical (unpaired) electrons. The van der Waals surface area contributed by atoms with Crippen molar-refractivity contribution in [2.75, 3.05) is 24.4 Å². The zero-order valence-electron chi connectivity index (χ0n) is 14.9. The average Bonchev–Trinajstić information content (AvgIpc) is 2.53. The summed E-state index contributed by atoms with van der Waals surface area (Å²) in [7, 11) is -3.77. The van der Waals surface area contributed by atoms with Crippen LogP contribution in [0.1, 0.15) is 21.5 Å². The number of hydrogen-bond donors (Lipinski definition) is 3. The van der Waals surface area contributed by atoms with Crippen LogP contribution in [0.5, 0.6) is 0 Å². The van der Waals surface area contributed by atoms with Crippen molar-refractivity contribution < 1.29 is 13.2 Å². The molecular formula is C19H23N3O3S. The molecule has 1 saturated heterocycles. The second-order valence-electron chi connectivity index (χ2n) is 6.69. The highest BCUT2D eigenvalue weighted by Crippen LogP contribution is 2.20. The molecular weight excluding hydrogens is 350 g/mol. The average molecular weight is 373 g/mol. The van der Waals surface area contributed by atoms with E-state index in [4.69, 9.17) is 0 Å². The van der Waals surface area contributed by atoms with E-state index < -0.39 is 10.0 Å². The summed E-state index contributed by atoms with van der Waals surface area (Å²) in [4.78, 5) is 12.5. The van der Waals surface area contributed by atoms with E-state index in [0.717, 1.165) is 24.2 Å². The molecule has 1 fully saturated rings. The molecule has 6 nitrogen and oxygen atoms in total. The second-order valence-corrected chi connectivity index (χ2v) is 8.37. The van der Waals surface area contributed by atoms with Gasteiger partial charge in [-0.25, -0.2) is 8.42 Å². The molecule has 2 aromatic carbocycles. The maximum absolute atomic E-state index is 12.7. The molecule has 0 aliphatic carbocycles. The Balaban J connectivity index is 1.79. The van der Waals surface area contributed by atoms with E-state index in [1.165, 1.54) is 12.1 Å². The van der Waals surface area contributed by atoms with Crippen molar-refractivity contribution in [3.8, 4) is 0 Å². The first-order valence-electron chi connectivity index (χ1n) is 8.54. The summed E-state index contributed by atoms with van der Waals surface area (Å²) in [5.74, 6) is 0.191. The number of sulfonamides is 1. The number of carbonyl (C=O) groups excluding carboxylic acids is 1. The third-order valence-corrected chi connectivity index (χ3v) is 5.83. The minimum atomic E-state index is -3.77. The quantitative estimate of drug-likeness (QED) is 0.723. The lowest BCUT2D eigenvalue weighted by atomic mass is 10.0. The predicted molar refractivity (Wildman–Crippen MR) is 102 cm³/mol. The van der Waals surface area contributed by atoms with Crippen LogP contribution in [0, 0.1) is 19.8 Å². The van der Waals surface area contributed by atoms with Crippen molar-refractivity contribution in [2.45, 2.75) is 18.7 Å². The van der Waals surface area contributed by atoms with Gasteiger partial charge in [-0.15, -0.1) is 0 Å². The summed E-state index contributed by atoms with van der Waals surface area (Å²) in [5.41, 5.74) is 2.57. The predicted octanol–water partition coefficient (Wildman–Crippen LogP) is 2.05. The lowest BCUT2D eigenvalue weighted by Gasteiger charge is -2.27. The van der Waals surface area contributed by atoms with Crippen molar-refractivity contribution in [1.29, 1.82) is 0 Å². The van der Waals surface area contributed by atoms with Gasteiger partial charge in [0.25, 0.3) is 15.9 Å². The molecule has 7 heteroatoms. The van der Waals surface area contributed by atoms with Crippen LogP contribution < -0.4 is 15.4 Å². The van der Waals surface area contributed by atoms with Gasteiger partial charge < -0.3 is 10.6 Å². The highest BCUT2D eigenvalue weighted by Gasteiger charge is 2.21. The molecule has 138 valence electrons. The fourth-order valence-corrected chi connectivity index (χ4v) is 3.84. The summed E-state index contributed by atoms with van der Waals surface area (Å²) in [6.07, 6.45) is 0. The van der Waals surface area contributed by atoms with Crippen molar-refractivity contribution in [3.05, 3.63) is 59.2 Å². The van der Waals surface area contributed by atoms with E-state index in [2.05, 4.69) is 15.4 Å². The Kier molecular flexibility index (Phi) is 5.29. The Bertz CT molecular complexity index is 921. The molecule has 1 aliphatic heterocycles. The number of benzene rings is 2. The molecule has 1 aliphatic rings. The van der Waals surface area contributed by atoms with Crippen LogP contribution >= 0.6 is 0 Å². The van der Waals surface area contributed by atoms with Crippen molar-refractivity contribution in [2.24, 2.45) is 5.92 Å². The van der Waals surface area contributed by atoms with E-state index in [-0.39, 0.29) is 10.8 Å². The van der Waals surface area contributed by atoms with E-state index in [0.29, 0.717) is 23.7 Å². The Hall–Kier alpha value is -2.38. The normalized spacial score (nSPS) is 14.5. The van der Waals surface area contributed by atoms with Gasteiger partial charge in [0.05, 0.1) is 4.90 Å². The Morgan fingerprint density at radius 1 is 1.15 bits per heavy atom. The number of amides is 1. The van der Waals surface area contributed by atoms with Crippen LogP contribution in [0.15, 0.2) is 47.4 Å². The molecule has 2 aromatic rings. The first-order chi connectivity index (χ1) is 12.3. The molecule has 26 heavy (non-hydrogen) atoms. The standard InChI is InChI=1S/C19H23N3O3S/c1-13-4-3-5-16(8-13)22-26(24,25)17-7-6-14(2)18(9-17)19(23)21-12-15-10-20-11-15/h3-9,15,20,22H,10-12H2,1-2H3,(H,21,23). The minimum absolute atomic E-state index is 0.0695. The van der Waals surface area contributed by atoms with Crippen LogP contribution in [-0.4, -0.2) is 34.0 Å². The van der Waals surface area contributed by atoms with E-state index in [9.17, 15) is 13.2 Å². The minimum Gasteiger partial charge on any atom is -0.352 e. The van der Waals surface area contributed by atoms with Crippen molar-refractivity contribution in [1.82, 2.24) is 10.6 Å². The largest absolute Gasteiger partial charge is 0.352 e. The highest BCUT2D eigenvalue weighted by atomic mass is 32.2. The molecule has 1 amide bonds. The third kappa shape index (κ3) is 4.23. The number of carbonyl (C=O) groups is 1. The van der Waals surface area contributed by atoms with Gasteiger partial charge in [-0.1, -0.05) is 18.2 Å². The topological polar surface area (TPSA) is 87.3 Å². The Labute approximate surface area is 154 Å². The summed E-state index contributed by atoms with van der Waals surface area (Å²) in [5, 5.41) is 6.04. The molecule has 0 unspecified atom stereocenters. The zero-order valence-corrected chi connectivity index (χ0v) is 15.7. The first-order valence-corrected chi connectivity index (χ1v) is 10.0. The van der Waals surface area contributed by atoms with Gasteiger partial charge in [-0.3, -0.25) is 9.52 Å². The summed E-state index contributed by atoms with van der Waals surface area (Å²) < 4.78 is 27.9. The number of aryl methyl sites for hydroxylation is 2. The SMILES string of the molecule is Cc1cccc(NS(=O)(=O)c2ccc(C)c(C(=O)NCC3CNC3)c2)c1. The molecule has 1 heterocycles. The summed E-state index contributed by atoms with van der Waals surface area (Å²) in [6, 6.07) is 11.7. The fourth-order valence-electron chi connectivity index (χ4n) is 2.76. The van der Waals surface area contributed by atoms with Gasteiger partial charge in [0.2, 0.25) is 0 Å². The maximum atomic E-state index is 12.7. The Morgan fingerprint density at radius 3 is 2.58 bits per heavy atom. The van der Waals surface area contributed by atoms with E-state index in [1.54, 1.807) is 31.2 Å². The zero-order chi connectivity index (χ0) is 18.7. The monoisotopic (exact) mass is 373 g/mol. The number of anilines is 1. The third-order valence-electron chi connectivity index (χ3n) is 4.45. The van der Waals surface area contributed by atoms with Gasteiger partial charge in [0.1, 0.15) is 0 Å². The lowest BCUT2D eigenvalue weighted by Crippen LogP contribution is -2.48. The van der Waals surface area contributed by atoms with Crippen molar-refractivity contribution in [3.63, 3.8) is 0 Å². The Morgan fingerprint density at radius 2 is 1.92 bits per heavy atom. The van der Waals surface area contributed by atoms with Gasteiger partial charge in [0.15, 0.2) is 0 Å². The van der Waals surface area contributed by atoms with Crippen LogP contribution in [-0.2, 0) is 10.0 Å². The van der Waals surface area contributed by atoms with Crippen molar-refractivity contribution >= 4 is 21.6 Å². The molecule has 0 aromatic heterocycles. The van der Waals surface area contributed by atoms with E-state index in [1.807, 2.05) is 13.0 Å². The number of hydrogen-bond acceptors (Lipinski definition) is 4. The molecule has 0 spiro atoms. The number of rotatable bonds is 6. The lowest BCUT2D eigenvalue weighted by molar-refractivity contribution is 0.0941. The van der Waals surface area contributed by atoms with Crippen LogP contribution in [0.25, 0.3) is 0 Å². The van der Waals surface area contributed by atoms with Gasteiger partial charge in [0, 0.05) is 36.8 Å². The van der Waals surface area contributed by atoms with Crippen LogP contribution in [0.4, 0.5) is 5.69 Å². The van der Waals surface area contributed by atoms with Gasteiger partial charge in [-0.05, 0) is 49.2 Å². The first kappa shape index (κ1) is 18.4. The van der Waals surface area contributed by atoms with Crippen LogP contribution in [0.2, 0.25) is 0 Å². The summed E-state index contributed by atoms with van der Waals surface area (Å²) in [6.45, 7) is 6.07. The molecule has 0 bridgehead atoms. The van der Waals surface area contributed by atoms with E-state index >= 15 is 0 Å². The second kappa shape index (κ2) is 7.47. The van der Waals surface area contributed by atoms with Crippen LogP contribution in [0.3, 0.4) is 0 Å². The smallest absolute Gasteiger partial charge is 0.261 e. The molecule has 0 atom stereocenters. The highest BCUT2D eigenvalue weighted by molar-refractivity contribution is 7.92. The molecule has 3 N–H and O–H groups in total.